The summed E-state index contributed by atoms with van der Waals surface area (Å²) in [5, 5.41) is 34.0. The molecule has 9 nitrogen and oxygen atoms in total. The maximum absolute atomic E-state index is 17.5. The van der Waals surface area contributed by atoms with Crippen LogP contribution in [0, 0.1) is 28.6 Å². The molecular weight excluding hydrogens is 499 g/mol. The highest BCUT2D eigenvalue weighted by Crippen LogP contribution is 2.71. The number of Topliss-reactive ketones (excluding diaryl/α,β-unsaturated/α-hetero) is 1. The highest BCUT2D eigenvalue weighted by atomic mass is 19.1. The van der Waals surface area contributed by atoms with Gasteiger partial charge in [-0.15, -0.1) is 0 Å². The maximum Gasteiger partial charge on any atom is 0.306 e. The van der Waals surface area contributed by atoms with E-state index < -0.39 is 88.3 Å². The van der Waals surface area contributed by atoms with Crippen LogP contribution in [-0.4, -0.2) is 75.0 Å². The van der Waals surface area contributed by atoms with Gasteiger partial charge in [0.2, 0.25) is 5.78 Å². The number of ether oxygens (including phenoxy) is 2. The molecule has 0 radical (unpaired) electrons. The molecule has 3 N–H and O–H groups in total. The third-order valence-corrected chi connectivity index (χ3v) is 9.90. The second-order valence-corrected chi connectivity index (χ2v) is 11.6. The summed E-state index contributed by atoms with van der Waals surface area (Å²) in [4.78, 5) is 50.5. The van der Waals surface area contributed by atoms with Gasteiger partial charge in [-0.3, -0.25) is 19.2 Å². The Morgan fingerprint density at radius 2 is 1.74 bits per heavy atom. The first-order valence-electron chi connectivity index (χ1n) is 13.2. The SMILES string of the molecule is CCC(=O)OCC(=O)[C@]1(OC(=O)CC)[C@@H](C)C[C@H]2[C@@H]3[C@@H](O)[C@@H](O)C4=CC(=O)C=C[C@]4(C)[C@@]3(F)[C@@H](O)C[C@@]21C. The first kappa shape index (κ1) is 28.6. The topological polar surface area (TPSA) is 147 Å². The molecule has 10 heteroatoms. The zero-order valence-corrected chi connectivity index (χ0v) is 22.4. The van der Waals surface area contributed by atoms with Gasteiger partial charge >= 0.3 is 11.9 Å². The molecule has 0 saturated heterocycles. The lowest BCUT2D eigenvalue weighted by atomic mass is 9.43. The Labute approximate surface area is 221 Å². The number of hydrogen-bond acceptors (Lipinski definition) is 9. The van der Waals surface area contributed by atoms with Crippen molar-refractivity contribution in [2.75, 3.05) is 6.61 Å². The summed E-state index contributed by atoms with van der Waals surface area (Å²) in [6.45, 7) is 7.24. The van der Waals surface area contributed by atoms with Crippen LogP contribution in [0.1, 0.15) is 60.3 Å². The van der Waals surface area contributed by atoms with E-state index >= 15 is 4.39 Å². The zero-order chi connectivity index (χ0) is 28.4. The van der Waals surface area contributed by atoms with Crippen LogP contribution in [0.25, 0.3) is 0 Å². The fourth-order valence-corrected chi connectivity index (χ4v) is 8.03. The molecule has 0 amide bonds. The molecule has 0 spiro atoms. The summed E-state index contributed by atoms with van der Waals surface area (Å²) in [7, 11) is 0. The molecule has 0 aromatic carbocycles. The Morgan fingerprint density at radius 1 is 1.11 bits per heavy atom. The summed E-state index contributed by atoms with van der Waals surface area (Å²) in [6.07, 6.45) is -1.66. The fourth-order valence-electron chi connectivity index (χ4n) is 8.03. The molecule has 10 atom stereocenters. The lowest BCUT2D eigenvalue weighted by Crippen LogP contribution is -2.74. The Kier molecular flexibility index (Phi) is 7.03. The molecule has 4 aliphatic carbocycles. The Morgan fingerprint density at radius 3 is 2.34 bits per heavy atom. The third-order valence-electron chi connectivity index (χ3n) is 9.90. The van der Waals surface area contributed by atoms with Crippen molar-refractivity contribution in [1.29, 1.82) is 0 Å². The third kappa shape index (κ3) is 3.52. The van der Waals surface area contributed by atoms with Crippen LogP contribution in [0.3, 0.4) is 0 Å². The highest BCUT2D eigenvalue weighted by Gasteiger charge is 2.79. The molecule has 0 bridgehead atoms. The molecule has 210 valence electrons. The van der Waals surface area contributed by atoms with Crippen LogP contribution in [0.2, 0.25) is 0 Å². The van der Waals surface area contributed by atoms with Gasteiger partial charge in [0.25, 0.3) is 0 Å². The number of allylic oxidation sites excluding steroid dienone is 3. The standard InChI is InChI=1S/C28H37FO9/c1-6-20(33)37-13-19(32)28(38-21(34)7-2)14(3)10-16-22-24(36)23(35)17-11-15(30)8-9-25(17,4)27(22,29)18(31)12-26(16,28)5/h8-9,11,14,16,18,22-24,31,35-36H,6-7,10,12-13H2,1-5H3/t14-,16-,18-,22+,23-,24+,25-,26-,27+,28+/m0/s1. The molecule has 0 aromatic rings. The Balaban J connectivity index is 1.87. The van der Waals surface area contributed by atoms with Crippen molar-refractivity contribution in [3.8, 4) is 0 Å². The lowest BCUT2D eigenvalue weighted by Gasteiger charge is -2.64. The van der Waals surface area contributed by atoms with Gasteiger partial charge in [0.1, 0.15) is 6.10 Å². The van der Waals surface area contributed by atoms with E-state index in [0.29, 0.717) is 0 Å². The van der Waals surface area contributed by atoms with E-state index in [-0.39, 0.29) is 31.3 Å². The smallest absolute Gasteiger partial charge is 0.306 e. The van der Waals surface area contributed by atoms with E-state index in [1.807, 2.05) is 0 Å². The summed E-state index contributed by atoms with van der Waals surface area (Å²) < 4.78 is 28.5. The van der Waals surface area contributed by atoms with Gasteiger partial charge in [-0.2, -0.15) is 0 Å². The number of aliphatic hydroxyl groups excluding tert-OH is 3. The van der Waals surface area contributed by atoms with Gasteiger partial charge in [-0.1, -0.05) is 33.8 Å². The molecule has 3 fully saturated rings. The van der Waals surface area contributed by atoms with Crippen LogP contribution in [-0.2, 0) is 28.7 Å². The van der Waals surface area contributed by atoms with Crippen LogP contribution in [0.15, 0.2) is 23.8 Å². The molecule has 3 saturated carbocycles. The van der Waals surface area contributed by atoms with E-state index in [9.17, 15) is 34.5 Å². The minimum Gasteiger partial charge on any atom is -0.457 e. The monoisotopic (exact) mass is 536 g/mol. The number of alkyl halides is 1. The lowest BCUT2D eigenvalue weighted by molar-refractivity contribution is -0.255. The average Bonchev–Trinajstić information content (AvgIpc) is 3.08. The number of hydrogen-bond donors (Lipinski definition) is 3. The van der Waals surface area contributed by atoms with Crippen LogP contribution >= 0.6 is 0 Å². The molecule has 4 aliphatic rings. The van der Waals surface area contributed by atoms with Crippen molar-refractivity contribution >= 4 is 23.5 Å². The molecule has 4 rings (SSSR count). The number of fused-ring (bicyclic) bond motifs is 5. The Hall–Kier alpha value is -2.43. The number of ketones is 2. The fraction of sp³-hybridized carbons (Fsp3) is 0.714. The van der Waals surface area contributed by atoms with Gasteiger partial charge in [-0.25, -0.2) is 4.39 Å². The normalized spacial score (nSPS) is 45.4. The molecule has 0 aromatic heterocycles. The van der Waals surface area contributed by atoms with Crippen LogP contribution < -0.4 is 0 Å². The summed E-state index contributed by atoms with van der Waals surface area (Å²) in [5.74, 6) is -5.34. The molecule has 0 aliphatic heterocycles. The minimum atomic E-state index is -2.51. The van der Waals surface area contributed by atoms with Gasteiger partial charge < -0.3 is 24.8 Å². The molecule has 0 heterocycles. The number of rotatable bonds is 6. The average molecular weight is 537 g/mol. The Bertz CT molecular complexity index is 1120. The van der Waals surface area contributed by atoms with E-state index in [1.54, 1.807) is 27.7 Å². The highest BCUT2D eigenvalue weighted by molar-refractivity contribution is 6.01. The summed E-state index contributed by atoms with van der Waals surface area (Å²) in [5.41, 5.74) is -7.39. The van der Waals surface area contributed by atoms with Crippen LogP contribution in [0.4, 0.5) is 4.39 Å². The largest absolute Gasteiger partial charge is 0.457 e. The van der Waals surface area contributed by atoms with Crippen molar-refractivity contribution in [1.82, 2.24) is 0 Å². The van der Waals surface area contributed by atoms with Crippen molar-refractivity contribution in [2.24, 2.45) is 28.6 Å². The van der Waals surface area contributed by atoms with Gasteiger partial charge in [0.15, 0.2) is 23.7 Å². The maximum atomic E-state index is 17.5. The van der Waals surface area contributed by atoms with Gasteiger partial charge in [-0.05, 0) is 43.4 Å². The van der Waals surface area contributed by atoms with Crippen molar-refractivity contribution in [3.63, 3.8) is 0 Å². The summed E-state index contributed by atoms with van der Waals surface area (Å²) >= 11 is 0. The van der Waals surface area contributed by atoms with E-state index in [1.165, 1.54) is 19.1 Å². The molecule has 0 unspecified atom stereocenters. The summed E-state index contributed by atoms with van der Waals surface area (Å²) in [6, 6.07) is 0. The van der Waals surface area contributed by atoms with E-state index in [0.717, 1.165) is 6.08 Å². The number of carbonyl (C=O) groups is 4. The van der Waals surface area contributed by atoms with Crippen LogP contribution in [0.5, 0.6) is 0 Å². The van der Waals surface area contributed by atoms with E-state index in [4.69, 9.17) is 9.47 Å². The zero-order valence-electron chi connectivity index (χ0n) is 22.4. The second kappa shape index (κ2) is 9.34. The predicted molar refractivity (Wildman–Crippen MR) is 131 cm³/mol. The van der Waals surface area contributed by atoms with E-state index in [2.05, 4.69) is 0 Å². The number of carbonyl (C=O) groups excluding carboxylic acids is 4. The first-order chi connectivity index (χ1) is 17.6. The van der Waals surface area contributed by atoms with Crippen molar-refractivity contribution in [2.45, 2.75) is 89.9 Å². The quantitative estimate of drug-likeness (QED) is 0.432. The molecular formula is C28H37FO9. The molecule has 38 heavy (non-hydrogen) atoms. The first-order valence-corrected chi connectivity index (χ1v) is 13.2. The number of aliphatic hydroxyl groups is 3. The van der Waals surface area contributed by atoms with Gasteiger partial charge in [0, 0.05) is 35.5 Å². The van der Waals surface area contributed by atoms with Crippen molar-refractivity contribution < 1.29 is 48.4 Å². The minimum absolute atomic E-state index is 0.0174. The number of halogens is 1. The number of esters is 2. The van der Waals surface area contributed by atoms with Gasteiger partial charge in [0.05, 0.1) is 12.2 Å². The predicted octanol–water partition coefficient (Wildman–Crippen LogP) is 1.76. The second-order valence-electron chi connectivity index (χ2n) is 11.6. The van der Waals surface area contributed by atoms with Crippen molar-refractivity contribution in [3.05, 3.63) is 23.8 Å².